The first-order chi connectivity index (χ1) is 8.06. The van der Waals surface area contributed by atoms with Crippen LogP contribution < -0.4 is 10.5 Å². The maximum Gasteiger partial charge on any atom is 0.242 e. The first-order valence-electron chi connectivity index (χ1n) is 5.74. The molecule has 1 saturated carbocycles. The lowest BCUT2D eigenvalue weighted by atomic mass is 10.3. The Morgan fingerprint density at radius 3 is 2.76 bits per heavy atom. The molecule has 1 heterocycles. The molecule has 1 aromatic heterocycles. The minimum absolute atomic E-state index is 0.0965. The van der Waals surface area contributed by atoms with E-state index in [1.165, 1.54) is 6.20 Å². The highest BCUT2D eigenvalue weighted by atomic mass is 32.2. The van der Waals surface area contributed by atoms with E-state index in [4.69, 9.17) is 5.73 Å². The molecule has 2 atom stereocenters. The van der Waals surface area contributed by atoms with Gasteiger partial charge in [-0.2, -0.15) is 0 Å². The van der Waals surface area contributed by atoms with E-state index in [0.29, 0.717) is 18.2 Å². The molecule has 94 valence electrons. The van der Waals surface area contributed by atoms with E-state index in [1.54, 1.807) is 12.1 Å². The van der Waals surface area contributed by atoms with E-state index >= 15 is 0 Å². The molecule has 0 saturated heterocycles. The predicted molar refractivity (Wildman–Crippen MR) is 64.6 cm³/mol. The number of nitrogens with two attached hydrogens (primary N) is 1. The molecule has 1 aromatic rings. The molecule has 2 unspecified atom stereocenters. The van der Waals surface area contributed by atoms with Crippen LogP contribution in [-0.2, 0) is 16.6 Å². The third kappa shape index (κ3) is 2.83. The summed E-state index contributed by atoms with van der Waals surface area (Å²) in [5.41, 5.74) is 6.09. The third-order valence-corrected chi connectivity index (χ3v) is 4.55. The second kappa shape index (κ2) is 4.72. The van der Waals surface area contributed by atoms with E-state index in [-0.39, 0.29) is 10.9 Å². The molecule has 1 aliphatic rings. The monoisotopic (exact) mass is 255 g/mol. The molecule has 0 aliphatic heterocycles. The fraction of sp³-hybridized carbons (Fsp3) is 0.545. The fourth-order valence-electron chi connectivity index (χ4n) is 1.80. The van der Waals surface area contributed by atoms with Gasteiger partial charge in [0.05, 0.1) is 5.69 Å². The Hall–Kier alpha value is -0.980. The summed E-state index contributed by atoms with van der Waals surface area (Å²) in [5.74, 6) is 0.487. The highest BCUT2D eigenvalue weighted by Gasteiger charge is 2.38. The van der Waals surface area contributed by atoms with Crippen LogP contribution in [0.25, 0.3) is 0 Å². The number of nitrogens with one attached hydrogen (secondary N) is 1. The molecule has 17 heavy (non-hydrogen) atoms. The Morgan fingerprint density at radius 1 is 1.53 bits per heavy atom. The number of sulfonamides is 1. The summed E-state index contributed by atoms with van der Waals surface area (Å²) in [5, 5.41) is 0. The first-order valence-corrected chi connectivity index (χ1v) is 7.22. The molecular formula is C11H17N3O2S. The van der Waals surface area contributed by atoms with Gasteiger partial charge in [0.15, 0.2) is 0 Å². The number of rotatable bonds is 5. The molecule has 0 amide bonds. The molecule has 0 aromatic carbocycles. The molecule has 6 heteroatoms. The largest absolute Gasteiger partial charge is 0.325 e. The van der Waals surface area contributed by atoms with Gasteiger partial charge in [0.25, 0.3) is 0 Å². The molecule has 1 fully saturated rings. The van der Waals surface area contributed by atoms with Gasteiger partial charge in [0.1, 0.15) is 4.90 Å². The summed E-state index contributed by atoms with van der Waals surface area (Å²) in [6.07, 6.45) is 3.30. The molecule has 0 bridgehead atoms. The lowest BCUT2D eigenvalue weighted by Crippen LogP contribution is -2.27. The quantitative estimate of drug-likeness (QED) is 0.807. The molecule has 0 spiro atoms. The molecule has 3 N–H and O–H groups in total. The van der Waals surface area contributed by atoms with Crippen LogP contribution in [0.15, 0.2) is 23.2 Å². The molecule has 0 radical (unpaired) electrons. The number of aromatic nitrogens is 1. The normalized spacial score (nSPS) is 23.6. The fourth-order valence-corrected chi connectivity index (χ4v) is 3.06. The van der Waals surface area contributed by atoms with Crippen LogP contribution in [0.2, 0.25) is 0 Å². The Bertz CT molecular complexity index is 484. The molecule has 2 rings (SSSR count). The summed E-state index contributed by atoms with van der Waals surface area (Å²) in [7, 11) is -3.42. The van der Waals surface area contributed by atoms with Crippen molar-refractivity contribution in [3.05, 3.63) is 24.0 Å². The number of nitrogens with zero attached hydrogens (tertiary/aromatic N) is 1. The van der Waals surface area contributed by atoms with E-state index in [2.05, 4.69) is 16.6 Å². The van der Waals surface area contributed by atoms with Crippen LogP contribution in [0.4, 0.5) is 0 Å². The molecule has 5 nitrogen and oxygen atoms in total. The van der Waals surface area contributed by atoms with Crippen LogP contribution in [-0.4, -0.2) is 19.4 Å². The van der Waals surface area contributed by atoms with Gasteiger partial charge in [-0.05, 0) is 24.5 Å². The second-order valence-corrected chi connectivity index (χ2v) is 6.04. The van der Waals surface area contributed by atoms with Crippen molar-refractivity contribution in [2.24, 2.45) is 11.7 Å². The average Bonchev–Trinajstić information content (AvgIpc) is 3.07. The van der Waals surface area contributed by atoms with Gasteiger partial charge in [-0.3, -0.25) is 4.98 Å². The Labute approximate surface area is 101 Å². The van der Waals surface area contributed by atoms with Gasteiger partial charge in [0, 0.05) is 18.8 Å². The van der Waals surface area contributed by atoms with Crippen LogP contribution in [0.5, 0.6) is 0 Å². The lowest BCUT2D eigenvalue weighted by Gasteiger charge is -2.06. The summed E-state index contributed by atoms with van der Waals surface area (Å²) in [6.45, 7) is 2.38. The third-order valence-electron chi connectivity index (χ3n) is 3.07. The number of pyridine rings is 1. The van der Waals surface area contributed by atoms with Gasteiger partial charge in [-0.15, -0.1) is 0 Å². The zero-order chi connectivity index (χ0) is 12.5. The zero-order valence-corrected chi connectivity index (χ0v) is 10.6. The van der Waals surface area contributed by atoms with Gasteiger partial charge in [0.2, 0.25) is 10.0 Å². The Balaban J connectivity index is 2.09. The van der Waals surface area contributed by atoms with Crippen LogP contribution >= 0.6 is 0 Å². The van der Waals surface area contributed by atoms with E-state index < -0.39 is 10.0 Å². The van der Waals surface area contributed by atoms with Crippen molar-refractivity contribution >= 4 is 10.0 Å². The number of hydrogen-bond donors (Lipinski definition) is 2. The summed E-state index contributed by atoms with van der Waals surface area (Å²) in [6, 6.07) is 3.28. The average molecular weight is 255 g/mol. The van der Waals surface area contributed by atoms with Gasteiger partial charge in [-0.25, -0.2) is 13.1 Å². The number of hydrogen-bond acceptors (Lipinski definition) is 4. The second-order valence-electron chi connectivity index (χ2n) is 4.32. The van der Waals surface area contributed by atoms with Gasteiger partial charge >= 0.3 is 0 Å². The van der Waals surface area contributed by atoms with E-state index in [1.807, 2.05) is 0 Å². The minimum atomic E-state index is -3.42. The van der Waals surface area contributed by atoms with E-state index in [0.717, 1.165) is 12.8 Å². The summed E-state index contributed by atoms with van der Waals surface area (Å²) < 4.78 is 26.6. The van der Waals surface area contributed by atoms with E-state index in [9.17, 15) is 8.42 Å². The van der Waals surface area contributed by atoms with Crippen molar-refractivity contribution in [2.45, 2.75) is 37.2 Å². The Kier molecular flexibility index (Phi) is 3.46. The van der Waals surface area contributed by atoms with Gasteiger partial charge in [-0.1, -0.05) is 13.3 Å². The minimum Gasteiger partial charge on any atom is -0.325 e. The Morgan fingerprint density at radius 2 is 2.29 bits per heavy atom. The van der Waals surface area contributed by atoms with Crippen LogP contribution in [0.3, 0.4) is 0 Å². The van der Waals surface area contributed by atoms with Crippen molar-refractivity contribution in [1.82, 2.24) is 9.71 Å². The maximum absolute atomic E-state index is 12.0. The molecule has 1 aliphatic carbocycles. The standard InChI is InChI=1S/C11H17N3O2S/c1-2-8-5-11(8)14-17(15,16)10-4-3-9(6-12)13-7-10/h3-4,7-8,11,14H,2,5-6,12H2,1H3. The molecular weight excluding hydrogens is 238 g/mol. The van der Waals surface area contributed by atoms with Crippen molar-refractivity contribution < 1.29 is 8.42 Å². The van der Waals surface area contributed by atoms with Crippen molar-refractivity contribution in [3.8, 4) is 0 Å². The maximum atomic E-state index is 12.0. The van der Waals surface area contributed by atoms with Crippen molar-refractivity contribution in [1.29, 1.82) is 0 Å². The van der Waals surface area contributed by atoms with Crippen molar-refractivity contribution in [2.75, 3.05) is 0 Å². The SMILES string of the molecule is CCC1CC1NS(=O)(=O)c1ccc(CN)nc1. The summed E-state index contributed by atoms with van der Waals surface area (Å²) in [4.78, 5) is 4.19. The zero-order valence-electron chi connectivity index (χ0n) is 9.76. The van der Waals surface area contributed by atoms with Crippen LogP contribution in [0.1, 0.15) is 25.5 Å². The highest BCUT2D eigenvalue weighted by molar-refractivity contribution is 7.89. The smallest absolute Gasteiger partial charge is 0.242 e. The topological polar surface area (TPSA) is 85.1 Å². The first kappa shape index (κ1) is 12.5. The summed E-state index contributed by atoms with van der Waals surface area (Å²) >= 11 is 0. The van der Waals surface area contributed by atoms with Gasteiger partial charge < -0.3 is 5.73 Å². The lowest BCUT2D eigenvalue weighted by molar-refractivity contribution is 0.575. The highest BCUT2D eigenvalue weighted by Crippen LogP contribution is 2.34. The van der Waals surface area contributed by atoms with Crippen LogP contribution in [0, 0.1) is 5.92 Å². The predicted octanol–water partition coefficient (Wildman–Crippen LogP) is 0.617. The van der Waals surface area contributed by atoms with Crippen molar-refractivity contribution in [3.63, 3.8) is 0 Å².